The molecule has 4 fully saturated rings. The molecule has 0 radical (unpaired) electrons. The fourth-order valence-corrected chi connectivity index (χ4v) is 19.1. The number of aliphatic hydroxyl groups excluding tert-OH is 4. The number of aromatic nitrogens is 12. The lowest BCUT2D eigenvalue weighted by Crippen LogP contribution is -2.57. The van der Waals surface area contributed by atoms with Crippen molar-refractivity contribution >= 4 is 81.4 Å². The molecule has 4 saturated heterocycles. The Balaban J connectivity index is 0.000000155. The van der Waals surface area contributed by atoms with Crippen LogP contribution in [0.1, 0.15) is 243 Å². The number of carbonyl (C=O) groups excluding carboxylic acids is 8. The lowest BCUT2D eigenvalue weighted by Gasteiger charge is -2.40. The average molecular weight is 2040 g/mol. The van der Waals surface area contributed by atoms with Crippen molar-refractivity contribution in [2.75, 3.05) is 78.5 Å². The molecule has 37 heteroatoms. The van der Waals surface area contributed by atoms with Gasteiger partial charge in [0.05, 0.1) is 47.6 Å². The van der Waals surface area contributed by atoms with Gasteiger partial charge in [0, 0.05) is 152 Å². The van der Waals surface area contributed by atoms with E-state index in [0.29, 0.717) is 154 Å². The standard InChI is InChI=1S/C29H29ClFN5O3.3C27H34FN5O3/c1-17(2)22-14-24(19-8-10-20(31)11-9-19)33-36-16-25(32-27(22)36)28(38)34-12-13-35(18(3)15-34)29(39)26(37)21-6-4-5-7-23(21)30;1-16(2)12-24(34)27(36)32-11-10-31(14-18(32)5)26(35)23-15-33-25(29-23)21(17(3)4)13-22(30-33)19-6-8-20(28)9-7-19;1-6-18-13-21(19-7-9-20(28)10-8-19)30-33-16-22(29-24(18)33)25(35)31-11-12-32(17(2)15-31)26(36)23(34)14-27(3,4)5;1-5-6-7-24(34)27(36)32-13-12-31(15-18(32)4)26(35)23-16-33-25(29-23)21(17(2)3)14-22(30-33)19-8-10-20(28)11-9-19/h4-11,14,16-18,26,37H,12-13,15H2,1-3H3;6-9,13,15-18,24,34H,10-12,14H2,1-5H3;7-10,13,16-17,23,34H,6,11-12,14-15H2,1-5H3;8-11,14,16-18,24,34H,5-7,12-13,15H2,1-4H3/t18-,26+;18-,24+;17-,23+;18-,24?/m0000/s1. The molecule has 5 aromatic carbocycles. The predicted molar refractivity (Wildman–Crippen MR) is 551 cm³/mol. The topological polar surface area (TPSA) is 364 Å². The summed E-state index contributed by atoms with van der Waals surface area (Å²) >= 11 is 6.17. The summed E-state index contributed by atoms with van der Waals surface area (Å²) in [6, 6.07) is 38.0. The summed E-state index contributed by atoms with van der Waals surface area (Å²) in [5.74, 6) is -2.89. The molecule has 4 aliphatic rings. The van der Waals surface area contributed by atoms with Crippen molar-refractivity contribution in [1.29, 1.82) is 0 Å². The first-order valence-electron chi connectivity index (χ1n) is 50.3. The number of hydrogen-bond donors (Lipinski definition) is 4. The summed E-state index contributed by atoms with van der Waals surface area (Å²) in [6.45, 7) is 37.8. The maximum atomic E-state index is 13.5. The second-order valence-corrected chi connectivity index (χ2v) is 41.4. The second-order valence-electron chi connectivity index (χ2n) is 41.0. The van der Waals surface area contributed by atoms with Crippen LogP contribution in [0.4, 0.5) is 17.6 Å². The second kappa shape index (κ2) is 46.9. The lowest BCUT2D eigenvalue weighted by atomic mass is 9.88. The molecule has 17 rings (SSSR count). The van der Waals surface area contributed by atoms with E-state index in [-0.39, 0.29) is 147 Å². The van der Waals surface area contributed by atoms with Crippen molar-refractivity contribution in [3.8, 4) is 45.0 Å². The van der Waals surface area contributed by atoms with Gasteiger partial charge < -0.3 is 59.6 Å². The third kappa shape index (κ3) is 25.5. The number of rotatable bonds is 23. The Bertz CT molecular complexity index is 6930. The molecule has 0 saturated carbocycles. The number of halogens is 5. The summed E-state index contributed by atoms with van der Waals surface area (Å²) in [4.78, 5) is 137. The summed E-state index contributed by atoms with van der Waals surface area (Å²) in [5.41, 5.74) is 13.2. The monoisotopic (exact) mass is 2030 g/mol. The van der Waals surface area contributed by atoms with Crippen molar-refractivity contribution in [2.45, 2.75) is 223 Å². The minimum absolute atomic E-state index is 0.110. The van der Waals surface area contributed by atoms with E-state index in [9.17, 15) is 76.3 Å². The molecule has 8 amide bonds. The minimum Gasteiger partial charge on any atom is -0.383 e. The Hall–Kier alpha value is -13.8. The summed E-state index contributed by atoms with van der Waals surface area (Å²) < 4.78 is 60.1. The Kier molecular flexibility index (Phi) is 34.8. The normalized spacial score (nSPS) is 17.1. The Morgan fingerprint density at radius 1 is 0.381 bits per heavy atom. The molecular formula is C110H131ClF4N20O12. The fourth-order valence-electron chi connectivity index (χ4n) is 18.9. The van der Waals surface area contributed by atoms with E-state index in [1.165, 1.54) is 48.5 Å². The van der Waals surface area contributed by atoms with Gasteiger partial charge in [0.2, 0.25) is 0 Å². The number of benzene rings is 5. The van der Waals surface area contributed by atoms with Crippen LogP contribution in [0.3, 0.4) is 0 Å². The maximum absolute atomic E-state index is 13.5. The molecule has 0 aliphatic carbocycles. The molecule has 147 heavy (non-hydrogen) atoms. The van der Waals surface area contributed by atoms with E-state index >= 15 is 0 Å². The van der Waals surface area contributed by atoms with Gasteiger partial charge in [-0.05, 0) is 215 Å². The van der Waals surface area contributed by atoms with Crippen LogP contribution in [0.5, 0.6) is 0 Å². The van der Waals surface area contributed by atoms with Crippen LogP contribution in [0.15, 0.2) is 170 Å². The van der Waals surface area contributed by atoms with Crippen LogP contribution in [0.2, 0.25) is 5.02 Å². The number of hydrogen-bond acceptors (Lipinski definition) is 20. The molecule has 778 valence electrons. The van der Waals surface area contributed by atoms with E-state index in [1.54, 1.807) is 155 Å². The van der Waals surface area contributed by atoms with E-state index in [0.717, 1.165) is 57.3 Å². The minimum atomic E-state index is -1.38. The van der Waals surface area contributed by atoms with Crippen molar-refractivity contribution in [3.05, 3.63) is 249 Å². The number of aryl methyl sites for hydroxylation is 1. The first-order valence-corrected chi connectivity index (χ1v) is 50.7. The van der Waals surface area contributed by atoms with Crippen LogP contribution in [0, 0.1) is 34.6 Å². The van der Waals surface area contributed by atoms with E-state index < -0.39 is 30.3 Å². The molecule has 12 heterocycles. The van der Waals surface area contributed by atoms with Crippen molar-refractivity contribution in [1.82, 2.24) is 97.6 Å². The maximum Gasteiger partial charge on any atom is 0.274 e. The number of piperazine rings is 4. The smallest absolute Gasteiger partial charge is 0.274 e. The fraction of sp³-hybridized carbons (Fsp3) is 0.436. The van der Waals surface area contributed by atoms with E-state index in [1.807, 2.05) is 142 Å². The zero-order valence-electron chi connectivity index (χ0n) is 86.2. The van der Waals surface area contributed by atoms with Crippen LogP contribution in [0.25, 0.3) is 67.6 Å². The highest BCUT2D eigenvalue weighted by atomic mass is 35.5. The first kappa shape index (κ1) is 109. The Morgan fingerprint density at radius 3 is 0.966 bits per heavy atom. The molecule has 32 nitrogen and oxygen atoms in total. The van der Waals surface area contributed by atoms with Crippen LogP contribution in [-0.2, 0) is 25.6 Å². The predicted octanol–water partition coefficient (Wildman–Crippen LogP) is 15.9. The van der Waals surface area contributed by atoms with Gasteiger partial charge in [-0.2, -0.15) is 20.4 Å². The van der Waals surface area contributed by atoms with E-state index in [2.05, 4.69) is 40.3 Å². The third-order valence-electron chi connectivity index (χ3n) is 27.0. The number of imidazole rings is 4. The molecule has 4 aliphatic heterocycles. The third-order valence-corrected chi connectivity index (χ3v) is 27.3. The number of aliphatic hydroxyl groups is 4. The zero-order valence-corrected chi connectivity index (χ0v) is 87.0. The number of unbranched alkanes of at least 4 members (excludes halogenated alkanes) is 1. The molecule has 4 N–H and O–H groups in total. The molecule has 1 unspecified atom stereocenters. The van der Waals surface area contributed by atoms with Gasteiger partial charge in [0.1, 0.15) is 64.4 Å². The van der Waals surface area contributed by atoms with Crippen molar-refractivity contribution < 1.29 is 76.3 Å². The summed E-state index contributed by atoms with van der Waals surface area (Å²) in [7, 11) is 0. The average Bonchev–Trinajstić information content (AvgIpc) is 1.50. The van der Waals surface area contributed by atoms with Gasteiger partial charge in [-0.3, -0.25) is 38.4 Å². The van der Waals surface area contributed by atoms with Crippen LogP contribution >= 0.6 is 11.6 Å². The number of fused-ring (bicyclic) bond motifs is 4. The van der Waals surface area contributed by atoms with Gasteiger partial charge in [0.25, 0.3) is 47.3 Å². The number of amides is 8. The Morgan fingerprint density at radius 2 is 0.673 bits per heavy atom. The lowest BCUT2D eigenvalue weighted by molar-refractivity contribution is -0.146. The van der Waals surface area contributed by atoms with Gasteiger partial charge in [0.15, 0.2) is 28.7 Å². The highest BCUT2D eigenvalue weighted by Crippen LogP contribution is 2.35. The molecule has 0 bridgehead atoms. The zero-order chi connectivity index (χ0) is 106. The van der Waals surface area contributed by atoms with Crippen molar-refractivity contribution in [3.63, 3.8) is 0 Å². The van der Waals surface area contributed by atoms with Gasteiger partial charge in [-0.25, -0.2) is 55.6 Å². The van der Waals surface area contributed by atoms with E-state index in [4.69, 9.17) is 11.6 Å². The molecule has 0 spiro atoms. The highest BCUT2D eigenvalue weighted by Gasteiger charge is 2.41. The number of nitrogens with zero attached hydrogens (tertiary/aromatic N) is 20. The quantitative estimate of drug-likeness (QED) is 0.0432. The van der Waals surface area contributed by atoms with Gasteiger partial charge in [-0.15, -0.1) is 0 Å². The van der Waals surface area contributed by atoms with Crippen LogP contribution in [-0.4, -0.2) is 286 Å². The Labute approximate surface area is 857 Å². The van der Waals surface area contributed by atoms with Crippen LogP contribution < -0.4 is 0 Å². The van der Waals surface area contributed by atoms with Gasteiger partial charge >= 0.3 is 0 Å². The molecular weight excluding hydrogens is 1900 g/mol. The molecule has 13 aromatic rings. The SMILES string of the molecule is CC(C)C[C@@H](O)C(=O)N1CCN(C(=O)c2cn3nc(-c4ccc(F)cc4)cc(C(C)C)c3n2)C[C@@H]1C.CC(C)c1cc(-c2ccc(F)cc2)nn2cc(C(=O)N3CCN(C(=O)[C@H](O)c4ccccc4Cl)[C@@H](C)C3)nc12.CCCCC(O)C(=O)N1CCN(C(=O)c2cn3nc(-c4ccc(F)cc4)cc(C(C)C)c3n2)C[C@@H]1C.CCc1cc(-c2ccc(F)cc2)nn2cc(C(=O)N3CCN(C(=O)[C@H](O)CC(C)(C)C)[C@@H](C)C3)nc12. The van der Waals surface area contributed by atoms with Crippen molar-refractivity contribution in [2.24, 2.45) is 11.3 Å². The first-order chi connectivity index (χ1) is 69.8. The van der Waals surface area contributed by atoms with Gasteiger partial charge in [-0.1, -0.05) is 133 Å². The molecule has 8 atom stereocenters. The highest BCUT2D eigenvalue weighted by molar-refractivity contribution is 6.31. The molecule has 8 aromatic heterocycles. The summed E-state index contributed by atoms with van der Waals surface area (Å²) in [5, 5.41) is 60.4. The number of carbonyl (C=O) groups is 8. The summed E-state index contributed by atoms with van der Waals surface area (Å²) in [6.07, 6.45) is 5.70. The largest absolute Gasteiger partial charge is 0.383 e.